The minimum atomic E-state index is -2.98. The van der Waals surface area contributed by atoms with Crippen LogP contribution in [0.15, 0.2) is 70.3 Å². The average Bonchev–Trinajstić information content (AvgIpc) is 3.32. The lowest BCUT2D eigenvalue weighted by Gasteiger charge is -2.41. The minimum absolute atomic E-state index is 0.00171. The van der Waals surface area contributed by atoms with Gasteiger partial charge in [-0.2, -0.15) is 9.97 Å². The standard InChI is InChI=1S/C47H53Br2ClN14O3P2/c1-7-27-22-37(59-47-55-25-32(49)44(62-47)58-35-10-8-33-39(52-17-16-51-33)41(35)68(3,4)65)45(60-38(27)28-12-20-64(21-13-28)30-14-18-63(2)19-15-30)67-26-29-23-53-34-9-11-36(42(40(34)56-29)69(5,6)66)57-43-31(48)24-54-46(50)61-43/h8-11,16-17,22-25,28,30H,7,12-15,18-21,26H2,1-6H3,(H,54,57,61)(H2,55,58,59,62). The normalized spacial score (nSPS) is 15.7. The van der Waals surface area contributed by atoms with Crippen LogP contribution in [0.3, 0.4) is 0 Å². The Balaban J connectivity index is 1.05. The van der Waals surface area contributed by atoms with Gasteiger partial charge in [0.1, 0.15) is 49.2 Å². The van der Waals surface area contributed by atoms with E-state index in [9.17, 15) is 9.13 Å². The van der Waals surface area contributed by atoms with Gasteiger partial charge < -0.3 is 39.6 Å². The number of aryl methyl sites for hydroxylation is 1. The van der Waals surface area contributed by atoms with Crippen LogP contribution in [-0.4, -0.2) is 121 Å². The number of nitrogens with zero attached hydrogens (tertiary/aromatic N) is 11. The number of nitrogens with one attached hydrogen (secondary N) is 3. The second-order valence-corrected chi connectivity index (χ2v) is 26.6. The molecule has 0 radical (unpaired) electrons. The highest BCUT2D eigenvalue weighted by molar-refractivity contribution is 9.11. The smallest absolute Gasteiger partial charge is 0.238 e. The zero-order valence-corrected chi connectivity index (χ0v) is 44.9. The zero-order valence-electron chi connectivity index (χ0n) is 39.2. The van der Waals surface area contributed by atoms with Crippen molar-refractivity contribution in [2.75, 3.05) is 75.8 Å². The van der Waals surface area contributed by atoms with Crippen LogP contribution >= 0.6 is 57.7 Å². The number of pyridine rings is 1. The van der Waals surface area contributed by atoms with E-state index in [1.54, 1.807) is 57.6 Å². The quantitative estimate of drug-likeness (QED) is 0.0685. The lowest BCUT2D eigenvalue weighted by Crippen LogP contribution is -2.46. The number of piperidine rings is 2. The first kappa shape index (κ1) is 49.2. The van der Waals surface area contributed by atoms with Gasteiger partial charge in [-0.25, -0.2) is 19.9 Å². The summed E-state index contributed by atoms with van der Waals surface area (Å²) in [5.74, 6) is 1.74. The molecule has 3 N–H and O–H groups in total. The largest absolute Gasteiger partial charge is 0.470 e. The van der Waals surface area contributed by atoms with Crippen LogP contribution < -0.4 is 31.3 Å². The Labute approximate surface area is 422 Å². The highest BCUT2D eigenvalue weighted by Gasteiger charge is 2.31. The molecule has 9 rings (SSSR count). The van der Waals surface area contributed by atoms with E-state index in [2.05, 4.69) is 103 Å². The topological polar surface area (TPSA) is 202 Å². The van der Waals surface area contributed by atoms with E-state index in [1.165, 1.54) is 12.8 Å². The van der Waals surface area contributed by atoms with E-state index in [1.807, 2.05) is 24.3 Å². The predicted molar refractivity (Wildman–Crippen MR) is 284 cm³/mol. The molecule has 0 aliphatic carbocycles. The van der Waals surface area contributed by atoms with Gasteiger partial charge in [-0.05, 0) is 171 Å². The first-order valence-corrected chi connectivity index (χ1v) is 29.9. The van der Waals surface area contributed by atoms with Crippen molar-refractivity contribution in [1.29, 1.82) is 0 Å². The third-order valence-corrected chi connectivity index (χ3v) is 17.0. The molecule has 0 unspecified atom stereocenters. The Bertz CT molecular complexity index is 3160. The molecule has 2 aliphatic heterocycles. The second kappa shape index (κ2) is 20.5. The van der Waals surface area contributed by atoms with Crippen LogP contribution in [-0.2, 0) is 22.2 Å². The summed E-state index contributed by atoms with van der Waals surface area (Å²) >= 11 is 13.3. The van der Waals surface area contributed by atoms with Crippen molar-refractivity contribution in [3.05, 3.63) is 92.5 Å². The van der Waals surface area contributed by atoms with Gasteiger partial charge in [0.05, 0.1) is 59.5 Å². The Morgan fingerprint density at radius 2 is 1.33 bits per heavy atom. The van der Waals surface area contributed by atoms with Crippen molar-refractivity contribution in [3.63, 3.8) is 0 Å². The highest BCUT2D eigenvalue weighted by Crippen LogP contribution is 2.43. The zero-order chi connectivity index (χ0) is 48.6. The van der Waals surface area contributed by atoms with Gasteiger partial charge >= 0.3 is 0 Å². The maximum atomic E-state index is 14.1. The summed E-state index contributed by atoms with van der Waals surface area (Å²) in [5.41, 5.74) is 6.62. The maximum absolute atomic E-state index is 14.1. The van der Waals surface area contributed by atoms with E-state index in [0.717, 1.165) is 56.7 Å². The summed E-state index contributed by atoms with van der Waals surface area (Å²) in [7, 11) is -3.62. The van der Waals surface area contributed by atoms with Gasteiger partial charge in [0, 0.05) is 36.7 Å². The Hall–Kier alpha value is -4.74. The molecule has 2 aliphatic rings. The number of hydrogen-bond acceptors (Lipinski definition) is 17. The van der Waals surface area contributed by atoms with Crippen molar-refractivity contribution in [2.45, 2.75) is 57.6 Å². The monoisotopic (exact) mass is 1120 g/mol. The molecular weight excluding hydrogens is 1070 g/mol. The van der Waals surface area contributed by atoms with E-state index < -0.39 is 14.3 Å². The molecule has 0 amide bonds. The molecule has 2 fully saturated rings. The Morgan fingerprint density at radius 1 is 0.710 bits per heavy atom. The average molecular weight is 1120 g/mol. The summed E-state index contributed by atoms with van der Waals surface area (Å²) in [4.78, 5) is 47.1. The fourth-order valence-corrected chi connectivity index (χ4v) is 12.7. The molecule has 2 saturated heterocycles. The number of hydrogen-bond donors (Lipinski definition) is 3. The van der Waals surface area contributed by atoms with Crippen molar-refractivity contribution in [1.82, 2.24) is 54.7 Å². The second-order valence-electron chi connectivity index (χ2n) is 18.3. The number of halogens is 3. The minimum Gasteiger partial charge on any atom is -0.470 e. The molecule has 22 heteroatoms. The number of ether oxygens (including phenoxy) is 1. The van der Waals surface area contributed by atoms with Crippen molar-refractivity contribution in [2.24, 2.45) is 0 Å². The summed E-state index contributed by atoms with van der Waals surface area (Å²) in [6.45, 7) is 13.3. The number of rotatable bonds is 14. The molecule has 0 bridgehead atoms. The Kier molecular flexibility index (Phi) is 14.7. The van der Waals surface area contributed by atoms with Gasteiger partial charge in [-0.3, -0.25) is 15.0 Å². The van der Waals surface area contributed by atoms with Crippen molar-refractivity contribution in [3.8, 4) is 5.88 Å². The van der Waals surface area contributed by atoms with Crippen LogP contribution in [0.2, 0.25) is 5.28 Å². The molecule has 69 heavy (non-hydrogen) atoms. The molecular formula is C47H53Br2ClN14O3P2. The van der Waals surface area contributed by atoms with Crippen LogP contribution in [0.4, 0.5) is 34.6 Å². The molecule has 2 aromatic carbocycles. The molecule has 7 heterocycles. The van der Waals surface area contributed by atoms with E-state index >= 15 is 0 Å². The third-order valence-electron chi connectivity index (χ3n) is 12.6. The lowest BCUT2D eigenvalue weighted by atomic mass is 9.88. The van der Waals surface area contributed by atoms with Crippen LogP contribution in [0, 0.1) is 0 Å². The summed E-state index contributed by atoms with van der Waals surface area (Å²) in [5, 5.41) is 11.3. The molecule has 360 valence electrons. The predicted octanol–water partition coefficient (Wildman–Crippen LogP) is 9.87. The van der Waals surface area contributed by atoms with Gasteiger partial charge in [-0.15, -0.1) is 0 Å². The fraction of sp³-hybridized carbons (Fsp3) is 0.383. The first-order valence-electron chi connectivity index (χ1n) is 22.8. The Morgan fingerprint density at radius 3 is 2.00 bits per heavy atom. The molecule has 0 atom stereocenters. The van der Waals surface area contributed by atoms with Gasteiger partial charge in [0.25, 0.3) is 0 Å². The molecule has 0 saturated carbocycles. The number of anilines is 6. The summed E-state index contributed by atoms with van der Waals surface area (Å²) in [6.07, 6.45) is 13.2. The molecule has 17 nitrogen and oxygen atoms in total. The highest BCUT2D eigenvalue weighted by atomic mass is 79.9. The maximum Gasteiger partial charge on any atom is 0.238 e. The van der Waals surface area contributed by atoms with Gasteiger partial charge in [0.2, 0.25) is 17.1 Å². The summed E-state index contributed by atoms with van der Waals surface area (Å²) in [6, 6.07) is 10.0. The van der Waals surface area contributed by atoms with Crippen LogP contribution in [0.25, 0.3) is 22.1 Å². The third kappa shape index (κ3) is 11.1. The molecule has 7 aromatic rings. The van der Waals surface area contributed by atoms with E-state index in [-0.39, 0.29) is 23.8 Å². The number of fused-ring (bicyclic) bond motifs is 2. The lowest BCUT2D eigenvalue weighted by molar-refractivity contribution is 0.0959. The first-order chi connectivity index (χ1) is 33.0. The SMILES string of the molecule is CCc1cc(Nc2ncc(Br)c(Nc3ccc4nccnc4c3P(C)(C)=O)n2)c(OCc2cnc3ccc(Nc4nc(Cl)ncc4Br)c(P(C)(C)=O)c3n2)nc1C1CCN(C2CCN(C)CC2)CC1. The number of benzene rings is 2. The van der Waals surface area contributed by atoms with Crippen LogP contribution in [0.1, 0.15) is 55.5 Å². The fourth-order valence-electron chi connectivity index (χ4n) is 9.24. The summed E-state index contributed by atoms with van der Waals surface area (Å²) < 4.78 is 35.7. The van der Waals surface area contributed by atoms with Gasteiger partial charge in [0.15, 0.2) is 0 Å². The van der Waals surface area contributed by atoms with Crippen molar-refractivity contribution < 1.29 is 13.9 Å². The molecule has 5 aromatic heterocycles. The molecule has 0 spiro atoms. The number of aromatic nitrogens is 9. The van der Waals surface area contributed by atoms with Gasteiger partial charge in [-0.1, -0.05) is 6.92 Å². The van der Waals surface area contributed by atoms with Crippen LogP contribution in [0.5, 0.6) is 5.88 Å². The van der Waals surface area contributed by atoms with E-state index in [0.29, 0.717) is 87.9 Å². The number of likely N-dealkylation sites (tertiary alicyclic amines) is 2. The van der Waals surface area contributed by atoms with Crippen molar-refractivity contribution >= 4 is 125 Å². The van der Waals surface area contributed by atoms with E-state index in [4.69, 9.17) is 36.3 Å².